The Hall–Kier alpha value is -2.65. The lowest BCUT2D eigenvalue weighted by molar-refractivity contribution is -0.119. The average molecular weight is 378 g/mol. The molecule has 8 nitrogen and oxygen atoms in total. The molecule has 2 heterocycles. The zero-order chi connectivity index (χ0) is 18.5. The molecular formula is C17H18N2O6S. The molecule has 1 aliphatic heterocycles. The summed E-state index contributed by atoms with van der Waals surface area (Å²) in [6, 6.07) is 5.20. The SMILES string of the molecule is COCCn1c(=NC(=O)C2=COCCO2)sc2cc(C(=O)OC)ccc21. The van der Waals surface area contributed by atoms with Crippen molar-refractivity contribution in [2.75, 3.05) is 34.0 Å². The number of carbonyl (C=O) groups excluding carboxylic acids is 2. The maximum atomic E-state index is 12.3. The first-order valence-corrected chi connectivity index (χ1v) is 8.70. The van der Waals surface area contributed by atoms with Crippen LogP contribution < -0.4 is 4.80 Å². The van der Waals surface area contributed by atoms with Gasteiger partial charge in [-0.15, -0.1) is 0 Å². The second-order valence-electron chi connectivity index (χ2n) is 5.32. The third-order valence-corrected chi connectivity index (χ3v) is 4.72. The maximum absolute atomic E-state index is 12.3. The molecule has 3 rings (SSSR count). The van der Waals surface area contributed by atoms with Crippen molar-refractivity contribution in [3.63, 3.8) is 0 Å². The summed E-state index contributed by atoms with van der Waals surface area (Å²) < 4.78 is 23.0. The van der Waals surface area contributed by atoms with E-state index in [2.05, 4.69) is 4.99 Å². The molecule has 26 heavy (non-hydrogen) atoms. The number of hydrogen-bond acceptors (Lipinski definition) is 7. The molecule has 138 valence electrons. The van der Waals surface area contributed by atoms with Gasteiger partial charge < -0.3 is 23.5 Å². The molecule has 0 unspecified atom stereocenters. The quantitative estimate of drug-likeness (QED) is 0.732. The third kappa shape index (κ3) is 3.78. The van der Waals surface area contributed by atoms with Gasteiger partial charge in [0.1, 0.15) is 19.5 Å². The molecule has 0 atom stereocenters. The molecule has 1 amide bonds. The lowest BCUT2D eigenvalue weighted by Gasteiger charge is -2.12. The Morgan fingerprint density at radius 1 is 1.31 bits per heavy atom. The molecule has 0 aliphatic carbocycles. The van der Waals surface area contributed by atoms with Gasteiger partial charge in [0.05, 0.1) is 29.5 Å². The predicted molar refractivity (Wildman–Crippen MR) is 93.6 cm³/mol. The lowest BCUT2D eigenvalue weighted by Crippen LogP contribution is -2.21. The van der Waals surface area contributed by atoms with Gasteiger partial charge in [0.25, 0.3) is 0 Å². The van der Waals surface area contributed by atoms with Crippen molar-refractivity contribution in [2.24, 2.45) is 4.99 Å². The normalized spacial score (nSPS) is 14.5. The fourth-order valence-electron chi connectivity index (χ4n) is 2.42. The van der Waals surface area contributed by atoms with Crippen molar-refractivity contribution >= 4 is 33.4 Å². The fraction of sp³-hybridized carbons (Fsp3) is 0.353. The summed E-state index contributed by atoms with van der Waals surface area (Å²) in [5.74, 6) is -0.867. The van der Waals surface area contributed by atoms with Crippen LogP contribution in [-0.4, -0.2) is 50.5 Å². The number of ether oxygens (including phenoxy) is 4. The number of thiazole rings is 1. The molecule has 0 radical (unpaired) electrons. The van der Waals surface area contributed by atoms with Crippen LogP contribution in [-0.2, 0) is 30.3 Å². The maximum Gasteiger partial charge on any atom is 0.337 e. The van der Waals surface area contributed by atoms with Gasteiger partial charge in [0.15, 0.2) is 4.80 Å². The molecule has 0 N–H and O–H groups in total. The van der Waals surface area contributed by atoms with Gasteiger partial charge in [-0.1, -0.05) is 11.3 Å². The highest BCUT2D eigenvalue weighted by Crippen LogP contribution is 2.20. The van der Waals surface area contributed by atoms with Gasteiger partial charge >= 0.3 is 11.9 Å². The number of esters is 1. The Morgan fingerprint density at radius 2 is 2.15 bits per heavy atom. The van der Waals surface area contributed by atoms with Crippen LogP contribution in [0, 0.1) is 0 Å². The van der Waals surface area contributed by atoms with E-state index >= 15 is 0 Å². The fourth-order valence-corrected chi connectivity index (χ4v) is 3.52. The molecule has 1 aliphatic rings. The van der Waals surface area contributed by atoms with Crippen LogP contribution in [0.2, 0.25) is 0 Å². The summed E-state index contributed by atoms with van der Waals surface area (Å²) in [7, 11) is 2.93. The number of amides is 1. The summed E-state index contributed by atoms with van der Waals surface area (Å²) >= 11 is 1.30. The first-order chi connectivity index (χ1) is 12.6. The van der Waals surface area contributed by atoms with Gasteiger partial charge in [0, 0.05) is 13.7 Å². The Kier molecular flexibility index (Phi) is 5.69. The molecule has 0 fully saturated rings. The van der Waals surface area contributed by atoms with Gasteiger partial charge in [-0.2, -0.15) is 4.99 Å². The Morgan fingerprint density at radius 3 is 2.85 bits per heavy atom. The van der Waals surface area contributed by atoms with Crippen LogP contribution in [0.25, 0.3) is 10.2 Å². The molecule has 9 heteroatoms. The zero-order valence-corrected chi connectivity index (χ0v) is 15.2. The molecule has 0 bridgehead atoms. The summed E-state index contributed by atoms with van der Waals surface area (Å²) in [5, 5.41) is 0. The standard InChI is InChI=1S/C17H18N2O6S/c1-22-6-5-19-12-4-3-11(16(21)23-2)9-14(12)26-17(19)18-15(20)13-10-24-7-8-25-13/h3-4,9-10H,5-8H2,1-2H3. The van der Waals surface area contributed by atoms with Gasteiger partial charge in [0.2, 0.25) is 5.76 Å². The van der Waals surface area contributed by atoms with E-state index in [1.165, 1.54) is 24.7 Å². The number of benzene rings is 1. The van der Waals surface area contributed by atoms with Gasteiger partial charge in [-0.05, 0) is 18.2 Å². The number of methoxy groups -OCH3 is 2. The third-order valence-electron chi connectivity index (χ3n) is 3.68. The highest BCUT2D eigenvalue weighted by atomic mass is 32.1. The minimum absolute atomic E-state index is 0.0715. The van der Waals surface area contributed by atoms with E-state index in [1.807, 2.05) is 4.57 Å². The van der Waals surface area contributed by atoms with E-state index in [9.17, 15) is 9.59 Å². The molecule has 0 saturated heterocycles. The number of aromatic nitrogens is 1. The van der Waals surface area contributed by atoms with E-state index in [1.54, 1.807) is 25.3 Å². The van der Waals surface area contributed by atoms with Crippen LogP contribution in [0.1, 0.15) is 10.4 Å². The van der Waals surface area contributed by atoms with Crippen LogP contribution in [0.5, 0.6) is 0 Å². The van der Waals surface area contributed by atoms with Crippen molar-refractivity contribution in [3.05, 3.63) is 40.6 Å². The Bertz CT molecular complexity index is 927. The highest BCUT2D eigenvalue weighted by Gasteiger charge is 2.16. The first kappa shape index (κ1) is 18.2. The molecular weight excluding hydrogens is 360 g/mol. The number of rotatable bonds is 5. The van der Waals surface area contributed by atoms with Crippen LogP contribution >= 0.6 is 11.3 Å². The summed E-state index contributed by atoms with van der Waals surface area (Å²) in [6.07, 6.45) is 1.28. The zero-order valence-electron chi connectivity index (χ0n) is 14.4. The minimum atomic E-state index is -0.518. The number of hydrogen-bond donors (Lipinski definition) is 0. The van der Waals surface area contributed by atoms with Gasteiger partial charge in [-0.3, -0.25) is 4.79 Å². The van der Waals surface area contributed by atoms with Crippen molar-refractivity contribution in [1.82, 2.24) is 4.57 Å². The minimum Gasteiger partial charge on any atom is -0.494 e. The summed E-state index contributed by atoms with van der Waals surface area (Å²) in [4.78, 5) is 28.7. The topological polar surface area (TPSA) is 88.4 Å². The van der Waals surface area contributed by atoms with E-state index < -0.39 is 11.9 Å². The molecule has 0 saturated carbocycles. The van der Waals surface area contributed by atoms with Crippen LogP contribution in [0.3, 0.4) is 0 Å². The van der Waals surface area contributed by atoms with Crippen LogP contribution in [0.15, 0.2) is 35.2 Å². The van der Waals surface area contributed by atoms with E-state index in [-0.39, 0.29) is 5.76 Å². The largest absolute Gasteiger partial charge is 0.494 e. The van der Waals surface area contributed by atoms with Crippen molar-refractivity contribution in [2.45, 2.75) is 6.54 Å². The second kappa shape index (κ2) is 8.15. The summed E-state index contributed by atoms with van der Waals surface area (Å²) in [5.41, 5.74) is 1.28. The van der Waals surface area contributed by atoms with Crippen molar-refractivity contribution in [3.8, 4) is 0 Å². The van der Waals surface area contributed by atoms with Crippen molar-refractivity contribution in [1.29, 1.82) is 0 Å². The van der Waals surface area contributed by atoms with E-state index in [4.69, 9.17) is 18.9 Å². The van der Waals surface area contributed by atoms with E-state index in [0.717, 1.165) is 10.2 Å². The smallest absolute Gasteiger partial charge is 0.337 e. The first-order valence-electron chi connectivity index (χ1n) is 7.88. The average Bonchev–Trinajstić information content (AvgIpc) is 3.02. The number of fused-ring (bicyclic) bond motifs is 1. The lowest BCUT2D eigenvalue weighted by atomic mass is 10.2. The van der Waals surface area contributed by atoms with E-state index in [0.29, 0.717) is 36.7 Å². The molecule has 0 spiro atoms. The predicted octanol–water partition coefficient (Wildman–Crippen LogP) is 1.45. The monoisotopic (exact) mass is 378 g/mol. The molecule has 1 aromatic carbocycles. The van der Waals surface area contributed by atoms with Crippen molar-refractivity contribution < 1.29 is 28.5 Å². The highest BCUT2D eigenvalue weighted by molar-refractivity contribution is 7.16. The molecule has 2 aromatic rings. The Labute approximate surface area is 153 Å². The number of carbonyl (C=O) groups is 2. The van der Waals surface area contributed by atoms with Crippen LogP contribution in [0.4, 0.5) is 0 Å². The van der Waals surface area contributed by atoms with Gasteiger partial charge in [-0.25, -0.2) is 4.79 Å². The molecule has 1 aromatic heterocycles. The second-order valence-corrected chi connectivity index (χ2v) is 6.33. The Balaban J connectivity index is 2.06. The summed E-state index contributed by atoms with van der Waals surface area (Å²) in [6.45, 7) is 1.68. The number of nitrogens with zero attached hydrogens (tertiary/aromatic N) is 2.